The number of halogens is 2. The van der Waals surface area contributed by atoms with Gasteiger partial charge in [-0.1, -0.05) is 357 Å². The molecule has 0 unspecified atom stereocenters. The Labute approximate surface area is 618 Å². The maximum absolute atomic E-state index is 4.17. The fourth-order valence-electron chi connectivity index (χ4n) is 14.3. The van der Waals surface area contributed by atoms with E-state index in [0.717, 1.165) is 25.7 Å². The molecule has 7 aromatic carbocycles. The van der Waals surface area contributed by atoms with Gasteiger partial charge in [-0.05, 0) is 70.8 Å². The van der Waals surface area contributed by atoms with Crippen molar-refractivity contribution in [3.05, 3.63) is 208 Å². The van der Waals surface area contributed by atoms with E-state index >= 15 is 0 Å². The van der Waals surface area contributed by atoms with E-state index in [1.165, 1.54) is 315 Å². The van der Waals surface area contributed by atoms with E-state index in [1.807, 2.05) is 30.3 Å². The number of fused-ring (bicyclic) bond motifs is 3. The molecule has 1 aliphatic carbocycles. The molecule has 0 amide bonds. The standard InChI is InChI=1S/C73H113.C15H14.C5H5.2ClH.Zr/c1-9-11-13-15-17-19-21-23-25-27-29-31-33-35-37-39-41-43-49-60-51-45-47-53-64(60)68-56-62-55-63-57-69(71(73(6,7)8)59-67(63)66(62)58-70(68)72(3,4)5)65-54-48-46-52-61(65)50-44-42-40-38-36-34-32-30-28-26-24-22-20-18-16-14-12-10-2;1-3-8-14(9-4-1)12-7-13-15-10-5-2-6-11-15;1-2-4-5-3-1;;;/h45-48,51-54,56,58-59H,9-44,49-50,55H2,1-8H3;1-6,8-11H,12-13H2;1-5H;2*1H;/q-1;;-1;;;+2/p-2. The van der Waals surface area contributed by atoms with Crippen LogP contribution in [0.3, 0.4) is 0 Å². The first-order valence-corrected chi connectivity index (χ1v) is 40.3. The van der Waals surface area contributed by atoms with E-state index in [4.69, 9.17) is 0 Å². The van der Waals surface area contributed by atoms with E-state index in [0.29, 0.717) is 0 Å². The topological polar surface area (TPSA) is 0 Å². The van der Waals surface area contributed by atoms with Crippen LogP contribution in [0.5, 0.6) is 0 Å². The van der Waals surface area contributed by atoms with E-state index in [9.17, 15) is 0 Å². The second-order valence-electron chi connectivity index (χ2n) is 30.4. The zero-order valence-corrected chi connectivity index (χ0v) is 66.2. The van der Waals surface area contributed by atoms with Crippen molar-refractivity contribution in [3.8, 4) is 33.4 Å². The summed E-state index contributed by atoms with van der Waals surface area (Å²) < 4.78 is 1.60. The van der Waals surface area contributed by atoms with Crippen molar-refractivity contribution in [2.45, 2.75) is 329 Å². The molecule has 8 rings (SSSR count). The molecular weight excluding hydrogens is 1280 g/mol. The molecular formula is C93H132Cl2Zr-2. The first-order chi connectivity index (χ1) is 45.9. The van der Waals surface area contributed by atoms with Crippen LogP contribution in [0.4, 0.5) is 0 Å². The predicted molar refractivity (Wildman–Crippen MR) is 414 cm³/mol. The molecule has 524 valence electrons. The number of unbranched alkanes of at least 4 members (excludes halogenated alkanes) is 34. The Bertz CT molecular complexity index is 2850. The summed E-state index contributed by atoms with van der Waals surface area (Å²) in [4.78, 5) is 0. The molecule has 96 heavy (non-hydrogen) atoms. The molecule has 3 heteroatoms. The van der Waals surface area contributed by atoms with Gasteiger partial charge in [0.25, 0.3) is 0 Å². The number of benzene rings is 6. The molecule has 0 bridgehead atoms. The predicted octanol–water partition coefficient (Wildman–Crippen LogP) is 22.8. The molecule has 1 aliphatic rings. The van der Waals surface area contributed by atoms with Crippen LogP contribution in [0.1, 0.15) is 331 Å². The van der Waals surface area contributed by atoms with Crippen molar-refractivity contribution in [1.29, 1.82) is 0 Å². The van der Waals surface area contributed by atoms with Gasteiger partial charge in [-0.3, -0.25) is 0 Å². The Morgan fingerprint density at radius 1 is 0.354 bits per heavy atom. The van der Waals surface area contributed by atoms with E-state index in [2.05, 4.69) is 189 Å². The molecule has 0 radical (unpaired) electrons. The Morgan fingerprint density at radius 3 is 1.05 bits per heavy atom. The monoisotopic (exact) mass is 1410 g/mol. The third-order valence-electron chi connectivity index (χ3n) is 19.9. The van der Waals surface area contributed by atoms with Gasteiger partial charge in [0, 0.05) is 0 Å². The Kier molecular flexibility index (Phi) is 44.3. The van der Waals surface area contributed by atoms with Crippen LogP contribution in [0.25, 0.3) is 33.4 Å². The first-order valence-electron chi connectivity index (χ1n) is 39.1. The number of hydrogen-bond donors (Lipinski definition) is 0. The minimum atomic E-state index is 0. The summed E-state index contributed by atoms with van der Waals surface area (Å²) in [6, 6.07) is 62.1. The van der Waals surface area contributed by atoms with E-state index in [-0.39, 0.29) is 35.6 Å². The molecule has 7 aromatic rings. The molecule has 0 saturated carbocycles. The van der Waals surface area contributed by atoms with Gasteiger partial charge in [-0.15, -0.1) is 28.8 Å². The number of aryl methyl sites for hydroxylation is 2. The molecule has 0 spiro atoms. The summed E-state index contributed by atoms with van der Waals surface area (Å²) in [7, 11) is 0. The zero-order chi connectivity index (χ0) is 66.7. The van der Waals surface area contributed by atoms with Crippen molar-refractivity contribution in [3.63, 3.8) is 0 Å². The van der Waals surface area contributed by atoms with Crippen molar-refractivity contribution < 1.29 is 49.0 Å². The maximum Gasteiger partial charge on any atom is -0.172 e. The van der Waals surface area contributed by atoms with Gasteiger partial charge >= 0.3 is 112 Å². The quantitative estimate of drug-likeness (QED) is 0.0264. The fraction of sp³-hybridized carbons (Fsp3) is 0.548. The zero-order valence-electron chi connectivity index (χ0n) is 62.3. The van der Waals surface area contributed by atoms with E-state index in [1.54, 1.807) is 27.4 Å². The summed E-state index contributed by atoms with van der Waals surface area (Å²) in [6.45, 7) is 19.1. The number of hydrogen-bond acceptors (Lipinski definition) is 0. The normalized spacial score (nSPS) is 11.6. The van der Waals surface area contributed by atoms with Gasteiger partial charge in [0.2, 0.25) is 0 Å². The van der Waals surface area contributed by atoms with Gasteiger partial charge in [-0.2, -0.15) is 18.2 Å². The molecule has 0 aliphatic heterocycles. The van der Waals surface area contributed by atoms with Gasteiger partial charge in [0.05, 0.1) is 0 Å². The van der Waals surface area contributed by atoms with Crippen molar-refractivity contribution in [2.75, 3.05) is 0 Å². The van der Waals surface area contributed by atoms with Gasteiger partial charge < -0.3 is 24.8 Å². The molecule has 0 heterocycles. The summed E-state index contributed by atoms with van der Waals surface area (Å²) in [5, 5.41) is 0. The van der Waals surface area contributed by atoms with Crippen LogP contribution in [-0.2, 0) is 67.2 Å². The van der Waals surface area contributed by atoms with Crippen molar-refractivity contribution >= 4 is 3.21 Å². The van der Waals surface area contributed by atoms with Crippen molar-refractivity contribution in [1.82, 2.24) is 0 Å². The SMILES string of the molecule is CCCCCCCCCCCCCCCCCCCCc1ccccc1-c1[c-]c2c(cc1C(C)(C)C)-c1cc(C(C)(C)C)c(-c3ccccc3CCCCCCCCCCCCCCCCCCCC)cc1C2.[Cl-].[Cl-].[Zr+2]=[C](Cc1ccccc1)Cc1ccccc1.c1cc[cH-]c1. The fourth-order valence-corrected chi connectivity index (χ4v) is 15.3. The maximum atomic E-state index is 4.17. The minimum absolute atomic E-state index is 0. The Balaban J connectivity index is 0.000000716. The second-order valence-corrected chi connectivity index (χ2v) is 32.1. The second kappa shape index (κ2) is 50.3. The van der Waals surface area contributed by atoms with Crippen molar-refractivity contribution in [2.24, 2.45) is 0 Å². The minimum Gasteiger partial charge on any atom is -0.214 e. The smallest absolute Gasteiger partial charge is 0.172 e. The van der Waals surface area contributed by atoms with Crippen LogP contribution in [0, 0.1) is 6.07 Å². The molecule has 0 aromatic heterocycles. The van der Waals surface area contributed by atoms with Gasteiger partial charge in [-0.25, -0.2) is 12.1 Å². The third-order valence-corrected chi connectivity index (χ3v) is 20.8. The molecule has 0 N–H and O–H groups in total. The average Bonchev–Trinajstić information content (AvgIpc) is 1.54. The van der Waals surface area contributed by atoms with Gasteiger partial charge in [0.15, 0.2) is 0 Å². The number of rotatable bonds is 44. The Morgan fingerprint density at radius 2 is 0.688 bits per heavy atom. The van der Waals surface area contributed by atoms with Crippen LogP contribution < -0.4 is 24.8 Å². The molecule has 0 nitrogen and oxygen atoms in total. The summed E-state index contributed by atoms with van der Waals surface area (Å²) >= 11 is 1.55. The largest absolute Gasteiger partial charge is 0.214 e. The summed E-state index contributed by atoms with van der Waals surface area (Å²) in [5.74, 6) is 0. The van der Waals surface area contributed by atoms with Crippen LogP contribution >= 0.6 is 0 Å². The molecule has 0 fully saturated rings. The molecule has 0 saturated heterocycles. The average molecular weight is 1410 g/mol. The van der Waals surface area contributed by atoms with E-state index < -0.39 is 0 Å². The van der Waals surface area contributed by atoms with Crippen LogP contribution in [0.2, 0.25) is 0 Å². The first kappa shape index (κ1) is 84.4. The van der Waals surface area contributed by atoms with Crippen LogP contribution in [-0.4, -0.2) is 3.21 Å². The molecule has 0 atom stereocenters. The Hall–Kier alpha value is -4.00. The third kappa shape index (κ3) is 33.0. The van der Waals surface area contributed by atoms with Crippen LogP contribution in [0.15, 0.2) is 158 Å². The van der Waals surface area contributed by atoms with Gasteiger partial charge in [0.1, 0.15) is 0 Å². The summed E-state index contributed by atoms with van der Waals surface area (Å²) in [5.41, 5.74) is 20.1. The summed E-state index contributed by atoms with van der Waals surface area (Å²) in [6.07, 6.45) is 56.7.